The summed E-state index contributed by atoms with van der Waals surface area (Å²) in [5.41, 5.74) is 0.798. The van der Waals surface area contributed by atoms with Gasteiger partial charge in [0.15, 0.2) is 5.78 Å². The predicted octanol–water partition coefficient (Wildman–Crippen LogP) is 1.94. The van der Waals surface area contributed by atoms with E-state index in [1.54, 1.807) is 0 Å². The standard InChI is InChI=1S/C15H18O4/c1-8-4-5-13-15(3,19-13)7-12-10(6-11(8)16)9(2)14(17)18-12/h10,12-13H,1-2,4-7H2,3H3/t10-,12+,13-,15+/m1/s1. The van der Waals surface area contributed by atoms with Gasteiger partial charge in [0, 0.05) is 24.3 Å². The molecule has 3 fully saturated rings. The maximum absolute atomic E-state index is 12.1. The Balaban J connectivity index is 1.87. The fourth-order valence-electron chi connectivity index (χ4n) is 3.13. The van der Waals surface area contributed by atoms with Crippen molar-refractivity contribution in [1.82, 2.24) is 0 Å². The van der Waals surface area contributed by atoms with Crippen LogP contribution in [0.25, 0.3) is 0 Å². The van der Waals surface area contributed by atoms with E-state index in [1.165, 1.54) is 0 Å². The lowest BCUT2D eigenvalue weighted by Gasteiger charge is -2.21. The molecule has 4 atom stereocenters. The second kappa shape index (κ2) is 4.04. The van der Waals surface area contributed by atoms with Gasteiger partial charge in [0.2, 0.25) is 0 Å². The Kier molecular flexibility index (Phi) is 2.68. The number of esters is 1. The molecule has 4 nitrogen and oxygen atoms in total. The Morgan fingerprint density at radius 3 is 2.79 bits per heavy atom. The van der Waals surface area contributed by atoms with Crippen molar-refractivity contribution in [3.05, 3.63) is 24.3 Å². The number of ether oxygens (including phenoxy) is 2. The zero-order valence-corrected chi connectivity index (χ0v) is 11.1. The monoisotopic (exact) mass is 262 g/mol. The van der Waals surface area contributed by atoms with Crippen LogP contribution in [0.3, 0.4) is 0 Å². The fraction of sp³-hybridized carbons (Fsp3) is 0.600. The van der Waals surface area contributed by atoms with Crippen molar-refractivity contribution in [3.63, 3.8) is 0 Å². The average molecular weight is 262 g/mol. The van der Waals surface area contributed by atoms with Crippen molar-refractivity contribution in [1.29, 1.82) is 0 Å². The molecule has 0 spiro atoms. The summed E-state index contributed by atoms with van der Waals surface area (Å²) in [4.78, 5) is 23.7. The van der Waals surface area contributed by atoms with E-state index in [1.807, 2.05) is 6.92 Å². The van der Waals surface area contributed by atoms with Gasteiger partial charge in [-0.2, -0.15) is 0 Å². The van der Waals surface area contributed by atoms with Gasteiger partial charge in [-0.1, -0.05) is 13.2 Å². The van der Waals surface area contributed by atoms with E-state index >= 15 is 0 Å². The van der Waals surface area contributed by atoms with Crippen LogP contribution in [0.15, 0.2) is 24.3 Å². The molecular weight excluding hydrogens is 244 g/mol. The minimum atomic E-state index is -0.381. The van der Waals surface area contributed by atoms with E-state index in [0.29, 0.717) is 24.0 Å². The van der Waals surface area contributed by atoms with Crippen LogP contribution in [-0.2, 0) is 19.1 Å². The molecule has 19 heavy (non-hydrogen) atoms. The third kappa shape index (κ3) is 2.04. The second-order valence-corrected chi connectivity index (χ2v) is 5.97. The minimum absolute atomic E-state index is 0.0127. The molecule has 0 aromatic heterocycles. The molecule has 3 aliphatic rings. The summed E-state index contributed by atoms with van der Waals surface area (Å²) in [6.07, 6.45) is 2.25. The molecule has 1 saturated carbocycles. The van der Waals surface area contributed by atoms with E-state index in [0.717, 1.165) is 6.42 Å². The summed E-state index contributed by atoms with van der Waals surface area (Å²) < 4.78 is 11.1. The first kappa shape index (κ1) is 12.6. The number of carbonyl (C=O) groups is 2. The SMILES string of the molecule is C=C1CC[C@H]2O[C@@]2(C)C[C@@H]2OC(=O)C(=C)[C@H]2CC1=O. The molecule has 0 radical (unpaired) electrons. The molecular formula is C15H18O4. The van der Waals surface area contributed by atoms with Gasteiger partial charge in [-0.15, -0.1) is 0 Å². The molecule has 0 bridgehead atoms. The van der Waals surface area contributed by atoms with Gasteiger partial charge in [-0.3, -0.25) is 4.79 Å². The Labute approximate surface area is 112 Å². The van der Waals surface area contributed by atoms with Crippen molar-refractivity contribution in [2.24, 2.45) is 5.92 Å². The van der Waals surface area contributed by atoms with E-state index in [2.05, 4.69) is 13.2 Å². The molecule has 0 unspecified atom stereocenters. The normalized spacial score (nSPS) is 42.5. The van der Waals surface area contributed by atoms with E-state index < -0.39 is 0 Å². The van der Waals surface area contributed by atoms with Crippen molar-refractivity contribution < 1.29 is 19.1 Å². The molecule has 1 aliphatic carbocycles. The number of hydrogen-bond donors (Lipinski definition) is 0. The van der Waals surface area contributed by atoms with E-state index in [9.17, 15) is 9.59 Å². The highest BCUT2D eigenvalue weighted by molar-refractivity contribution is 5.97. The number of fused-ring (bicyclic) bond motifs is 2. The van der Waals surface area contributed by atoms with Gasteiger partial charge >= 0.3 is 5.97 Å². The first-order valence-electron chi connectivity index (χ1n) is 6.69. The summed E-state index contributed by atoms with van der Waals surface area (Å²) in [6.45, 7) is 9.65. The van der Waals surface area contributed by atoms with Crippen molar-refractivity contribution >= 4 is 11.8 Å². The fourth-order valence-corrected chi connectivity index (χ4v) is 3.13. The van der Waals surface area contributed by atoms with Gasteiger partial charge in [0.25, 0.3) is 0 Å². The van der Waals surface area contributed by atoms with E-state index in [-0.39, 0.29) is 41.9 Å². The Bertz CT molecular complexity index is 492. The smallest absolute Gasteiger partial charge is 0.334 e. The molecule has 2 saturated heterocycles. The second-order valence-electron chi connectivity index (χ2n) is 5.97. The van der Waals surface area contributed by atoms with Gasteiger partial charge in [-0.25, -0.2) is 4.79 Å². The number of ketones is 1. The maximum atomic E-state index is 12.1. The Morgan fingerprint density at radius 2 is 2.05 bits per heavy atom. The molecule has 0 N–H and O–H groups in total. The van der Waals surface area contributed by atoms with Crippen LogP contribution in [0.4, 0.5) is 0 Å². The molecule has 2 aliphatic heterocycles. The van der Waals surface area contributed by atoms with Crippen LogP contribution >= 0.6 is 0 Å². The molecule has 102 valence electrons. The lowest BCUT2D eigenvalue weighted by Crippen LogP contribution is -2.28. The highest BCUT2D eigenvalue weighted by Gasteiger charge is 2.56. The number of rotatable bonds is 0. The first-order chi connectivity index (χ1) is 8.90. The Hall–Kier alpha value is -1.42. The van der Waals surface area contributed by atoms with Crippen molar-refractivity contribution in [2.75, 3.05) is 0 Å². The largest absolute Gasteiger partial charge is 0.458 e. The number of epoxide rings is 1. The maximum Gasteiger partial charge on any atom is 0.334 e. The topological polar surface area (TPSA) is 55.9 Å². The highest BCUT2D eigenvalue weighted by atomic mass is 16.6. The quantitative estimate of drug-likeness (QED) is 0.380. The molecule has 0 amide bonds. The third-order valence-electron chi connectivity index (χ3n) is 4.57. The third-order valence-corrected chi connectivity index (χ3v) is 4.57. The van der Waals surface area contributed by atoms with Gasteiger partial charge in [0.1, 0.15) is 6.10 Å². The van der Waals surface area contributed by atoms with Gasteiger partial charge < -0.3 is 9.47 Å². The molecule has 0 aromatic carbocycles. The number of hydrogen-bond acceptors (Lipinski definition) is 4. The summed E-state index contributed by atoms with van der Waals surface area (Å²) in [5, 5.41) is 0. The summed E-state index contributed by atoms with van der Waals surface area (Å²) in [5.74, 6) is -0.594. The lowest BCUT2D eigenvalue weighted by atomic mass is 9.82. The number of allylic oxidation sites excluding steroid dienone is 1. The molecule has 3 rings (SSSR count). The van der Waals surface area contributed by atoms with Crippen molar-refractivity contribution in [2.45, 2.75) is 50.4 Å². The highest BCUT2D eigenvalue weighted by Crippen LogP contribution is 2.48. The van der Waals surface area contributed by atoms with E-state index in [4.69, 9.17) is 9.47 Å². The van der Waals surface area contributed by atoms with Gasteiger partial charge in [0.05, 0.1) is 11.7 Å². The minimum Gasteiger partial charge on any atom is -0.458 e. The Morgan fingerprint density at radius 1 is 1.32 bits per heavy atom. The van der Waals surface area contributed by atoms with Crippen LogP contribution in [0.5, 0.6) is 0 Å². The number of Topliss-reactive ketones (excluding diaryl/α,β-unsaturated/α-hetero) is 1. The zero-order valence-electron chi connectivity index (χ0n) is 11.1. The van der Waals surface area contributed by atoms with Crippen molar-refractivity contribution in [3.8, 4) is 0 Å². The predicted molar refractivity (Wildman–Crippen MR) is 68.4 cm³/mol. The lowest BCUT2D eigenvalue weighted by molar-refractivity contribution is -0.140. The van der Waals surface area contributed by atoms with Crippen LogP contribution in [0, 0.1) is 5.92 Å². The molecule has 0 aromatic rings. The molecule has 2 heterocycles. The molecule has 4 heteroatoms. The summed E-state index contributed by atoms with van der Waals surface area (Å²) >= 11 is 0. The average Bonchev–Trinajstić information content (AvgIpc) is 2.93. The van der Waals surface area contributed by atoms with Crippen LogP contribution < -0.4 is 0 Å². The van der Waals surface area contributed by atoms with Crippen LogP contribution in [0.2, 0.25) is 0 Å². The van der Waals surface area contributed by atoms with Gasteiger partial charge in [-0.05, 0) is 25.3 Å². The van der Waals surface area contributed by atoms with Crippen LogP contribution in [-0.4, -0.2) is 29.6 Å². The zero-order chi connectivity index (χ0) is 13.8. The van der Waals surface area contributed by atoms with Crippen LogP contribution in [0.1, 0.15) is 32.6 Å². The summed E-state index contributed by atoms with van der Waals surface area (Å²) in [7, 11) is 0. The number of carbonyl (C=O) groups excluding carboxylic acids is 2. The summed E-state index contributed by atoms with van der Waals surface area (Å²) in [6, 6.07) is 0. The first-order valence-corrected chi connectivity index (χ1v) is 6.69.